The summed E-state index contributed by atoms with van der Waals surface area (Å²) in [4.78, 5) is 2.55. The summed E-state index contributed by atoms with van der Waals surface area (Å²) in [5, 5.41) is 3.53. The zero-order valence-electron chi connectivity index (χ0n) is 9.73. The number of hydrogen-bond acceptors (Lipinski definition) is 2. The highest BCUT2D eigenvalue weighted by molar-refractivity contribution is 5.46. The van der Waals surface area contributed by atoms with Crippen LogP contribution in [0.15, 0.2) is 30.3 Å². The van der Waals surface area contributed by atoms with Gasteiger partial charge in [0.1, 0.15) is 0 Å². The van der Waals surface area contributed by atoms with Gasteiger partial charge in [0.15, 0.2) is 0 Å². The second-order valence-electron chi connectivity index (χ2n) is 5.08. The first-order chi connectivity index (χ1) is 7.93. The van der Waals surface area contributed by atoms with Crippen molar-refractivity contribution < 1.29 is 0 Å². The molecule has 16 heavy (non-hydrogen) atoms. The summed E-state index contributed by atoms with van der Waals surface area (Å²) < 4.78 is 0. The van der Waals surface area contributed by atoms with Crippen LogP contribution in [0.2, 0.25) is 0 Å². The first-order valence-electron chi connectivity index (χ1n) is 6.44. The van der Waals surface area contributed by atoms with E-state index in [4.69, 9.17) is 0 Å². The fourth-order valence-corrected chi connectivity index (χ4v) is 3.12. The zero-order chi connectivity index (χ0) is 10.8. The number of nitrogens with zero attached hydrogens (tertiary/aromatic N) is 1. The molecule has 0 saturated carbocycles. The predicted molar refractivity (Wildman–Crippen MR) is 67.7 cm³/mol. The molecule has 86 valence electrons. The maximum absolute atomic E-state index is 3.53. The molecule has 0 bridgehead atoms. The Bertz CT molecular complexity index is 322. The Balaban J connectivity index is 1.71. The topological polar surface area (TPSA) is 15.3 Å². The molecule has 2 aliphatic heterocycles. The van der Waals surface area contributed by atoms with E-state index in [2.05, 4.69) is 40.5 Å². The second kappa shape index (κ2) is 4.46. The summed E-state index contributed by atoms with van der Waals surface area (Å²) in [6.07, 6.45) is 2.71. The lowest BCUT2D eigenvalue weighted by Crippen LogP contribution is -2.25. The number of anilines is 1. The third-order valence-electron chi connectivity index (χ3n) is 4.14. The van der Waals surface area contributed by atoms with Gasteiger partial charge in [-0.05, 0) is 49.9 Å². The number of para-hydroxylation sites is 1. The number of fused-ring (bicyclic) bond motifs is 1. The van der Waals surface area contributed by atoms with Gasteiger partial charge in [-0.1, -0.05) is 18.2 Å². The van der Waals surface area contributed by atoms with Crippen molar-refractivity contribution in [3.63, 3.8) is 0 Å². The zero-order valence-corrected chi connectivity index (χ0v) is 9.73. The van der Waals surface area contributed by atoms with Gasteiger partial charge >= 0.3 is 0 Å². The lowest BCUT2D eigenvalue weighted by atomic mass is 9.92. The predicted octanol–water partition coefficient (Wildman–Crippen LogP) is 2.12. The van der Waals surface area contributed by atoms with Crippen LogP contribution >= 0.6 is 0 Å². The van der Waals surface area contributed by atoms with Crippen molar-refractivity contribution in [1.82, 2.24) is 5.32 Å². The summed E-state index contributed by atoms with van der Waals surface area (Å²) in [5.74, 6) is 1.85. The van der Waals surface area contributed by atoms with Crippen LogP contribution in [-0.2, 0) is 0 Å². The van der Waals surface area contributed by atoms with Gasteiger partial charge < -0.3 is 10.2 Å². The lowest BCUT2D eigenvalue weighted by Gasteiger charge is -2.23. The molecule has 0 spiro atoms. The summed E-state index contributed by atoms with van der Waals surface area (Å²) >= 11 is 0. The van der Waals surface area contributed by atoms with Gasteiger partial charge in [0.25, 0.3) is 0 Å². The van der Waals surface area contributed by atoms with E-state index in [9.17, 15) is 0 Å². The van der Waals surface area contributed by atoms with Crippen LogP contribution in [0.1, 0.15) is 12.8 Å². The van der Waals surface area contributed by atoms with E-state index >= 15 is 0 Å². The molecule has 2 heterocycles. The minimum absolute atomic E-state index is 0.925. The normalized spacial score (nSPS) is 29.9. The molecule has 2 aliphatic rings. The molecule has 3 rings (SSSR count). The van der Waals surface area contributed by atoms with Gasteiger partial charge in [-0.3, -0.25) is 0 Å². The van der Waals surface area contributed by atoms with Gasteiger partial charge in [-0.2, -0.15) is 0 Å². The van der Waals surface area contributed by atoms with E-state index in [1.54, 1.807) is 0 Å². The highest BCUT2D eigenvalue weighted by Crippen LogP contribution is 2.29. The van der Waals surface area contributed by atoms with Crippen molar-refractivity contribution in [2.45, 2.75) is 12.8 Å². The molecular weight excluding hydrogens is 196 g/mol. The van der Waals surface area contributed by atoms with Crippen LogP contribution < -0.4 is 10.2 Å². The van der Waals surface area contributed by atoms with Crippen LogP contribution in [0.3, 0.4) is 0 Å². The average Bonchev–Trinajstić information content (AvgIpc) is 2.70. The Morgan fingerprint density at radius 3 is 2.19 bits per heavy atom. The van der Waals surface area contributed by atoms with Crippen molar-refractivity contribution in [3.8, 4) is 0 Å². The van der Waals surface area contributed by atoms with Crippen molar-refractivity contribution >= 4 is 5.69 Å². The lowest BCUT2D eigenvalue weighted by molar-refractivity contribution is 0.409. The fourth-order valence-electron chi connectivity index (χ4n) is 3.12. The van der Waals surface area contributed by atoms with E-state index in [-0.39, 0.29) is 0 Å². The van der Waals surface area contributed by atoms with Crippen LogP contribution in [-0.4, -0.2) is 26.2 Å². The molecule has 2 heteroatoms. The molecule has 2 fully saturated rings. The van der Waals surface area contributed by atoms with Gasteiger partial charge in [0.2, 0.25) is 0 Å². The molecule has 0 aromatic heterocycles. The Labute approximate surface area is 97.6 Å². The number of hydrogen-bond donors (Lipinski definition) is 1. The Kier molecular flexibility index (Phi) is 2.83. The highest BCUT2D eigenvalue weighted by atomic mass is 15.1. The second-order valence-corrected chi connectivity index (χ2v) is 5.08. The van der Waals surface area contributed by atoms with Crippen LogP contribution in [0.25, 0.3) is 0 Å². The molecule has 1 aromatic carbocycles. The monoisotopic (exact) mass is 216 g/mol. The standard InChI is InChI=1S/C14H20N2/c1-2-4-14(5-3-1)16-8-6-12-10-15-11-13(12)7-9-16/h1-5,12-13,15H,6-11H2. The van der Waals surface area contributed by atoms with Gasteiger partial charge in [0.05, 0.1) is 0 Å². The third-order valence-corrected chi connectivity index (χ3v) is 4.14. The quantitative estimate of drug-likeness (QED) is 0.773. The molecule has 1 N–H and O–H groups in total. The maximum atomic E-state index is 3.53. The molecule has 2 atom stereocenters. The van der Waals surface area contributed by atoms with Crippen molar-refractivity contribution in [2.75, 3.05) is 31.1 Å². The summed E-state index contributed by atoms with van der Waals surface area (Å²) in [6, 6.07) is 10.9. The Morgan fingerprint density at radius 2 is 1.56 bits per heavy atom. The molecule has 2 saturated heterocycles. The van der Waals surface area contributed by atoms with Crippen LogP contribution in [0.4, 0.5) is 5.69 Å². The van der Waals surface area contributed by atoms with E-state index in [1.165, 1.54) is 44.7 Å². The first-order valence-corrected chi connectivity index (χ1v) is 6.44. The number of benzene rings is 1. The van der Waals surface area contributed by atoms with Gasteiger partial charge in [-0.15, -0.1) is 0 Å². The molecule has 0 aliphatic carbocycles. The fraction of sp³-hybridized carbons (Fsp3) is 0.571. The SMILES string of the molecule is c1ccc(N2CCC3CNCC3CC2)cc1. The molecular formula is C14H20N2. The highest BCUT2D eigenvalue weighted by Gasteiger charge is 2.29. The molecule has 0 radical (unpaired) electrons. The van der Waals surface area contributed by atoms with Gasteiger partial charge in [-0.25, -0.2) is 0 Å². The van der Waals surface area contributed by atoms with Crippen molar-refractivity contribution in [2.24, 2.45) is 11.8 Å². The number of rotatable bonds is 1. The molecule has 2 unspecified atom stereocenters. The van der Waals surface area contributed by atoms with Gasteiger partial charge in [0, 0.05) is 18.8 Å². The van der Waals surface area contributed by atoms with Crippen LogP contribution in [0, 0.1) is 11.8 Å². The Morgan fingerprint density at radius 1 is 0.938 bits per heavy atom. The largest absolute Gasteiger partial charge is 0.372 e. The van der Waals surface area contributed by atoms with E-state index in [0.29, 0.717) is 0 Å². The van der Waals surface area contributed by atoms with E-state index in [1.807, 2.05) is 0 Å². The average molecular weight is 216 g/mol. The molecule has 2 nitrogen and oxygen atoms in total. The minimum atomic E-state index is 0.925. The number of nitrogens with one attached hydrogen (secondary N) is 1. The maximum Gasteiger partial charge on any atom is 0.0366 e. The first kappa shape index (κ1) is 10.2. The Hall–Kier alpha value is -1.02. The molecule has 0 amide bonds. The third kappa shape index (κ3) is 1.94. The summed E-state index contributed by atoms with van der Waals surface area (Å²) in [7, 11) is 0. The van der Waals surface area contributed by atoms with Crippen molar-refractivity contribution in [3.05, 3.63) is 30.3 Å². The molecule has 1 aromatic rings. The van der Waals surface area contributed by atoms with Crippen molar-refractivity contribution in [1.29, 1.82) is 0 Å². The van der Waals surface area contributed by atoms with Crippen LogP contribution in [0.5, 0.6) is 0 Å². The summed E-state index contributed by atoms with van der Waals surface area (Å²) in [6.45, 7) is 4.94. The van der Waals surface area contributed by atoms with E-state index in [0.717, 1.165) is 11.8 Å². The summed E-state index contributed by atoms with van der Waals surface area (Å²) in [5.41, 5.74) is 1.40. The minimum Gasteiger partial charge on any atom is -0.372 e. The van der Waals surface area contributed by atoms with E-state index < -0.39 is 0 Å². The smallest absolute Gasteiger partial charge is 0.0366 e.